The highest BCUT2D eigenvalue weighted by Gasteiger charge is 2.23. The van der Waals surface area contributed by atoms with E-state index in [0.29, 0.717) is 22.0 Å². The molecule has 3 aromatic rings. The van der Waals surface area contributed by atoms with Gasteiger partial charge in [0.15, 0.2) is 0 Å². The lowest BCUT2D eigenvalue weighted by molar-refractivity contribution is -0.114. The zero-order chi connectivity index (χ0) is 21.7. The van der Waals surface area contributed by atoms with Gasteiger partial charge in [0.2, 0.25) is 15.9 Å². The van der Waals surface area contributed by atoms with Crippen LogP contribution in [0.15, 0.2) is 82.6 Å². The number of hydrogen-bond acceptors (Lipinski definition) is 4. The Kier molecular flexibility index (Phi) is 7.07. The molecule has 1 N–H and O–H groups in total. The predicted octanol–water partition coefficient (Wildman–Crippen LogP) is 5.20. The van der Waals surface area contributed by atoms with Gasteiger partial charge in [-0.25, -0.2) is 8.42 Å². The number of rotatable bonds is 7. The number of nitrogens with zero attached hydrogens (tertiary/aromatic N) is 1. The van der Waals surface area contributed by atoms with Crippen molar-refractivity contribution in [3.05, 3.63) is 83.4 Å². The molecule has 0 aliphatic heterocycles. The average molecular weight is 461 g/mol. The number of carbonyl (C=O) groups is 1. The van der Waals surface area contributed by atoms with Crippen molar-refractivity contribution in [3.8, 4) is 0 Å². The van der Waals surface area contributed by atoms with E-state index < -0.39 is 15.9 Å². The van der Waals surface area contributed by atoms with E-state index in [-0.39, 0.29) is 6.54 Å². The number of hydrogen-bond donors (Lipinski definition) is 1. The first-order valence-electron chi connectivity index (χ1n) is 9.09. The predicted molar refractivity (Wildman–Crippen MR) is 124 cm³/mol. The number of nitrogens with one attached hydrogen (secondary N) is 1. The smallest absolute Gasteiger partial charge is 0.245 e. The van der Waals surface area contributed by atoms with E-state index in [4.69, 9.17) is 11.6 Å². The first-order valence-corrected chi connectivity index (χ1v) is 12.1. The summed E-state index contributed by atoms with van der Waals surface area (Å²) in [7, 11) is -3.68. The largest absolute Gasteiger partial charge is 0.323 e. The summed E-state index contributed by atoms with van der Waals surface area (Å²) in [4.78, 5) is 14.7. The van der Waals surface area contributed by atoms with E-state index in [0.717, 1.165) is 20.4 Å². The number of sulfonamides is 1. The van der Waals surface area contributed by atoms with Gasteiger partial charge < -0.3 is 5.32 Å². The van der Waals surface area contributed by atoms with Crippen LogP contribution in [0.2, 0.25) is 5.02 Å². The molecule has 30 heavy (non-hydrogen) atoms. The Labute approximate surface area is 186 Å². The molecule has 0 aliphatic carbocycles. The molecule has 0 fully saturated rings. The number of anilines is 2. The van der Waals surface area contributed by atoms with Gasteiger partial charge in [-0.15, -0.1) is 0 Å². The minimum atomic E-state index is -3.68. The van der Waals surface area contributed by atoms with Crippen LogP contribution in [0.25, 0.3) is 0 Å². The van der Waals surface area contributed by atoms with Crippen LogP contribution in [-0.2, 0) is 14.8 Å². The monoisotopic (exact) mass is 460 g/mol. The highest BCUT2D eigenvalue weighted by molar-refractivity contribution is 7.99. The van der Waals surface area contributed by atoms with Crippen LogP contribution in [0.4, 0.5) is 11.4 Å². The minimum absolute atomic E-state index is 0.342. The number of benzene rings is 3. The van der Waals surface area contributed by atoms with Gasteiger partial charge in [0.05, 0.1) is 17.6 Å². The summed E-state index contributed by atoms with van der Waals surface area (Å²) in [5.74, 6) is -0.434. The topological polar surface area (TPSA) is 66.5 Å². The van der Waals surface area contributed by atoms with Gasteiger partial charge in [0, 0.05) is 14.8 Å². The quantitative estimate of drug-likeness (QED) is 0.526. The fourth-order valence-electron chi connectivity index (χ4n) is 2.87. The van der Waals surface area contributed by atoms with E-state index in [9.17, 15) is 13.2 Å². The second-order valence-electron chi connectivity index (χ2n) is 6.66. The maximum Gasteiger partial charge on any atom is 0.245 e. The number of amides is 1. The minimum Gasteiger partial charge on any atom is -0.323 e. The Morgan fingerprint density at radius 3 is 2.37 bits per heavy atom. The Balaban J connectivity index is 1.81. The zero-order valence-corrected chi connectivity index (χ0v) is 18.9. The maximum absolute atomic E-state index is 12.8. The lowest BCUT2D eigenvalue weighted by Crippen LogP contribution is -2.37. The summed E-state index contributed by atoms with van der Waals surface area (Å²) in [6.45, 7) is 1.41. The third-order valence-electron chi connectivity index (χ3n) is 4.25. The van der Waals surface area contributed by atoms with Crippen molar-refractivity contribution < 1.29 is 13.2 Å². The molecular weight excluding hydrogens is 440 g/mol. The Hall–Kier alpha value is -2.48. The van der Waals surface area contributed by atoms with Crippen molar-refractivity contribution in [1.29, 1.82) is 0 Å². The van der Waals surface area contributed by atoms with E-state index in [2.05, 4.69) is 5.32 Å². The van der Waals surface area contributed by atoms with Gasteiger partial charge in [0.25, 0.3) is 0 Å². The Morgan fingerprint density at radius 2 is 1.70 bits per heavy atom. The van der Waals surface area contributed by atoms with Crippen LogP contribution < -0.4 is 9.62 Å². The molecule has 0 spiro atoms. The van der Waals surface area contributed by atoms with Crippen LogP contribution in [-0.4, -0.2) is 27.1 Å². The van der Waals surface area contributed by atoms with Gasteiger partial charge in [-0.3, -0.25) is 9.10 Å². The molecule has 0 unspecified atom stereocenters. The van der Waals surface area contributed by atoms with Crippen molar-refractivity contribution >= 4 is 50.7 Å². The van der Waals surface area contributed by atoms with Crippen molar-refractivity contribution in [2.24, 2.45) is 0 Å². The van der Waals surface area contributed by atoms with Crippen molar-refractivity contribution in [2.75, 3.05) is 22.4 Å². The normalized spacial score (nSPS) is 11.2. The summed E-state index contributed by atoms with van der Waals surface area (Å²) in [6, 6.07) is 22.1. The Morgan fingerprint density at radius 1 is 1.03 bits per heavy atom. The van der Waals surface area contributed by atoms with E-state index >= 15 is 0 Å². The summed E-state index contributed by atoms with van der Waals surface area (Å²) < 4.78 is 25.8. The third kappa shape index (κ3) is 5.78. The number of halogens is 1. The van der Waals surface area contributed by atoms with Crippen LogP contribution in [0.5, 0.6) is 0 Å². The van der Waals surface area contributed by atoms with Crippen molar-refractivity contribution in [2.45, 2.75) is 16.7 Å². The summed E-state index contributed by atoms with van der Waals surface area (Å²) >= 11 is 7.50. The van der Waals surface area contributed by atoms with E-state index in [1.165, 1.54) is 11.8 Å². The molecule has 156 valence electrons. The van der Waals surface area contributed by atoms with Crippen molar-refractivity contribution in [1.82, 2.24) is 0 Å². The molecule has 0 bridgehead atoms. The van der Waals surface area contributed by atoms with E-state index in [1.807, 2.05) is 48.5 Å². The molecular formula is C22H21ClN2O3S2. The first kappa shape index (κ1) is 22.2. The number of para-hydroxylation sites is 1. The standard InChI is InChI=1S/C22H21ClN2O3S2/c1-16-14-17(23)12-13-20(16)25(30(2,27)28)15-22(26)24-19-10-6-7-11-21(19)29-18-8-4-3-5-9-18/h3-14H,15H2,1-2H3,(H,24,26). The second kappa shape index (κ2) is 9.55. The van der Waals surface area contributed by atoms with Gasteiger partial charge in [0.1, 0.15) is 6.54 Å². The molecule has 0 aromatic heterocycles. The molecule has 0 heterocycles. The van der Waals surface area contributed by atoms with E-state index in [1.54, 1.807) is 31.2 Å². The molecule has 3 rings (SSSR count). The maximum atomic E-state index is 12.8. The molecule has 8 heteroatoms. The van der Waals surface area contributed by atoms with Crippen LogP contribution >= 0.6 is 23.4 Å². The fourth-order valence-corrected chi connectivity index (χ4v) is 4.94. The molecule has 0 aliphatic rings. The highest BCUT2D eigenvalue weighted by atomic mass is 35.5. The molecule has 0 saturated carbocycles. The summed E-state index contributed by atoms with van der Waals surface area (Å²) in [6.07, 6.45) is 1.08. The number of aryl methyl sites for hydroxylation is 1. The first-order chi connectivity index (χ1) is 14.2. The van der Waals surface area contributed by atoms with Crippen LogP contribution in [0.1, 0.15) is 5.56 Å². The molecule has 0 saturated heterocycles. The van der Waals surface area contributed by atoms with Crippen LogP contribution in [0, 0.1) is 6.92 Å². The zero-order valence-electron chi connectivity index (χ0n) is 16.5. The second-order valence-corrected chi connectivity index (χ2v) is 10.1. The molecule has 5 nitrogen and oxygen atoms in total. The van der Waals surface area contributed by atoms with Gasteiger partial charge in [-0.05, 0) is 55.0 Å². The summed E-state index contributed by atoms with van der Waals surface area (Å²) in [5.41, 5.74) is 1.71. The van der Waals surface area contributed by atoms with Crippen LogP contribution in [0.3, 0.4) is 0 Å². The lowest BCUT2D eigenvalue weighted by Gasteiger charge is -2.24. The molecule has 1 amide bonds. The molecule has 0 atom stereocenters. The molecule has 0 radical (unpaired) electrons. The van der Waals surface area contributed by atoms with Gasteiger partial charge >= 0.3 is 0 Å². The Bertz CT molecular complexity index is 1150. The fraction of sp³-hybridized carbons (Fsp3) is 0.136. The SMILES string of the molecule is Cc1cc(Cl)ccc1N(CC(=O)Nc1ccccc1Sc1ccccc1)S(C)(=O)=O. The van der Waals surface area contributed by atoms with Crippen molar-refractivity contribution in [3.63, 3.8) is 0 Å². The molecule has 3 aromatic carbocycles. The highest BCUT2D eigenvalue weighted by Crippen LogP contribution is 2.33. The van der Waals surface area contributed by atoms with Gasteiger partial charge in [-0.2, -0.15) is 0 Å². The number of carbonyl (C=O) groups excluding carboxylic acids is 1. The third-order valence-corrected chi connectivity index (χ3v) is 6.69. The lowest BCUT2D eigenvalue weighted by atomic mass is 10.2. The van der Waals surface area contributed by atoms with Gasteiger partial charge in [-0.1, -0.05) is 53.7 Å². The summed E-state index contributed by atoms with van der Waals surface area (Å²) in [5, 5.41) is 3.34. The average Bonchev–Trinajstić information content (AvgIpc) is 2.68.